The van der Waals surface area contributed by atoms with Gasteiger partial charge < -0.3 is 18.8 Å². The van der Waals surface area contributed by atoms with Gasteiger partial charge >= 0.3 is 5.09 Å². The topological polar surface area (TPSA) is 176 Å². The van der Waals surface area contributed by atoms with Crippen LogP contribution in [-0.2, 0) is 21.8 Å². The van der Waals surface area contributed by atoms with Gasteiger partial charge in [-0.3, -0.25) is 9.68 Å². The number of imidazole rings is 1. The van der Waals surface area contributed by atoms with E-state index in [0.29, 0.717) is 26.9 Å². The third kappa shape index (κ3) is 6.49. The number of aryl methyl sites for hydroxylation is 1. The van der Waals surface area contributed by atoms with Gasteiger partial charge in [-0.15, -0.1) is 20.2 Å². The fourth-order valence-electron chi connectivity index (χ4n) is 4.30. The van der Waals surface area contributed by atoms with E-state index in [9.17, 15) is 20.2 Å². The summed E-state index contributed by atoms with van der Waals surface area (Å²) in [6.07, 6.45) is 4.57. The van der Waals surface area contributed by atoms with Crippen LogP contribution in [-0.4, -0.2) is 49.0 Å². The summed E-state index contributed by atoms with van der Waals surface area (Å²) in [7, 11) is 0. The zero-order valence-corrected chi connectivity index (χ0v) is 23.1. The highest BCUT2D eigenvalue weighted by Gasteiger charge is 2.45. The normalized spacial score (nSPS) is 18.0. The lowest BCUT2D eigenvalue weighted by molar-refractivity contribution is -0.722. The molecule has 2 unspecified atom stereocenters. The molecule has 1 aliphatic rings. The molecule has 2 atom stereocenters. The summed E-state index contributed by atoms with van der Waals surface area (Å²) < 4.78 is 20.3. The lowest BCUT2D eigenvalue weighted by atomic mass is 10.1. The summed E-state index contributed by atoms with van der Waals surface area (Å²) in [6.45, 7) is 2.03. The average Bonchev–Trinajstić information content (AvgIpc) is 3.59. The maximum absolute atomic E-state index is 11.0. The van der Waals surface area contributed by atoms with E-state index in [4.69, 9.17) is 37.4 Å². The first-order chi connectivity index (χ1) is 20.1. The number of halogens is 2. The second-order valence-electron chi connectivity index (χ2n) is 8.88. The van der Waals surface area contributed by atoms with E-state index in [-0.39, 0.29) is 31.3 Å². The van der Waals surface area contributed by atoms with Gasteiger partial charge in [-0.2, -0.15) is 0 Å². The Balaban J connectivity index is 1.32. The fourth-order valence-corrected chi connectivity index (χ4v) is 4.85. The van der Waals surface area contributed by atoms with Crippen molar-refractivity contribution < 1.29 is 34.1 Å². The highest BCUT2D eigenvalue weighted by molar-refractivity contribution is 6.35. The molecule has 17 heteroatoms. The molecule has 1 aliphatic heterocycles. The van der Waals surface area contributed by atoms with E-state index in [1.54, 1.807) is 65.8 Å². The molecule has 2 aromatic heterocycles. The minimum Gasteiger partial charge on any atom is -0.491 e. The molecule has 0 bridgehead atoms. The Morgan fingerprint density at radius 1 is 1.10 bits per heavy atom. The van der Waals surface area contributed by atoms with Crippen molar-refractivity contribution in [2.24, 2.45) is 0 Å². The van der Waals surface area contributed by atoms with Crippen molar-refractivity contribution in [3.8, 4) is 28.6 Å². The van der Waals surface area contributed by atoms with Crippen molar-refractivity contribution in [3.05, 3.63) is 103 Å². The van der Waals surface area contributed by atoms with E-state index in [1.165, 1.54) is 6.92 Å². The zero-order valence-electron chi connectivity index (χ0n) is 21.6. The smallest absolute Gasteiger partial charge is 0.301 e. The Bertz CT molecular complexity index is 1610. The van der Waals surface area contributed by atoms with E-state index in [0.717, 1.165) is 0 Å². The fraction of sp³-hybridized carbons (Fsp3) is 0.240. The van der Waals surface area contributed by atoms with Gasteiger partial charge in [-0.25, -0.2) is 15.0 Å². The van der Waals surface area contributed by atoms with Gasteiger partial charge in [0, 0.05) is 28.5 Å². The molecule has 2 aromatic carbocycles. The Morgan fingerprint density at radius 2 is 1.86 bits per heavy atom. The van der Waals surface area contributed by atoms with E-state index in [1.807, 2.05) is 0 Å². The van der Waals surface area contributed by atoms with E-state index < -0.39 is 33.7 Å². The van der Waals surface area contributed by atoms with Gasteiger partial charge in [0.2, 0.25) is 11.7 Å². The summed E-state index contributed by atoms with van der Waals surface area (Å²) >= 11 is 12.6. The molecule has 0 amide bonds. The van der Waals surface area contributed by atoms with Crippen LogP contribution >= 0.6 is 23.2 Å². The van der Waals surface area contributed by atoms with Gasteiger partial charge in [0.05, 0.1) is 24.5 Å². The molecule has 0 saturated carbocycles. The van der Waals surface area contributed by atoms with Crippen molar-refractivity contribution >= 4 is 23.2 Å². The molecule has 1 saturated heterocycles. The minimum atomic E-state index is -1.22. The SMILES string of the molecule is Cc1nc(O[N+](=O)[O-])c(O[N+](=O)[O-])c(-c2ccc(OCC3COC(Cn4ccnc4)(c4ccc(Cl)cc4Cl)O3)cc2)n1. The van der Waals surface area contributed by atoms with Crippen LogP contribution in [0.3, 0.4) is 0 Å². The van der Waals surface area contributed by atoms with Crippen molar-refractivity contribution in [3.63, 3.8) is 0 Å². The number of aromatic nitrogens is 4. The summed E-state index contributed by atoms with van der Waals surface area (Å²) in [5.74, 6) is -2.05. The van der Waals surface area contributed by atoms with Crippen LogP contribution in [0, 0.1) is 27.2 Å². The molecule has 15 nitrogen and oxygen atoms in total. The molecular formula is C25H20Cl2N6O9. The number of hydrogen-bond donors (Lipinski definition) is 0. The molecule has 1 fully saturated rings. The predicted octanol–water partition coefficient (Wildman–Crippen LogP) is 4.44. The van der Waals surface area contributed by atoms with Crippen LogP contribution in [0.2, 0.25) is 10.0 Å². The Kier molecular flexibility index (Phi) is 8.35. The number of rotatable bonds is 11. The zero-order chi connectivity index (χ0) is 29.9. The average molecular weight is 619 g/mol. The third-order valence-electron chi connectivity index (χ3n) is 5.99. The Labute approximate surface area is 246 Å². The van der Waals surface area contributed by atoms with Gasteiger partial charge in [-0.1, -0.05) is 29.3 Å². The van der Waals surface area contributed by atoms with Crippen molar-refractivity contribution in [2.75, 3.05) is 13.2 Å². The first-order valence-electron chi connectivity index (χ1n) is 12.1. The van der Waals surface area contributed by atoms with Crippen LogP contribution < -0.4 is 14.4 Å². The second-order valence-corrected chi connectivity index (χ2v) is 9.73. The van der Waals surface area contributed by atoms with Crippen LogP contribution in [0.5, 0.6) is 17.4 Å². The standard InChI is InChI=1S/C25H20Cl2N6O9/c1-15-29-22(23(41-32(34)35)24(30-15)42-33(36)37)16-2-5-18(6-3-16)38-11-19-12-39-25(40-19,13-31-9-8-28-14-31)20-7-4-17(26)10-21(20)27/h2-10,14,19H,11-13H2,1H3. The summed E-state index contributed by atoms with van der Waals surface area (Å²) in [4.78, 5) is 42.8. The van der Waals surface area contributed by atoms with Crippen LogP contribution in [0.25, 0.3) is 11.3 Å². The minimum absolute atomic E-state index is 0.0659. The first-order valence-corrected chi connectivity index (χ1v) is 12.9. The molecule has 0 aliphatic carbocycles. The lowest BCUT2D eigenvalue weighted by Crippen LogP contribution is -2.34. The van der Waals surface area contributed by atoms with Crippen molar-refractivity contribution in [2.45, 2.75) is 25.4 Å². The molecule has 4 aromatic rings. The summed E-state index contributed by atoms with van der Waals surface area (Å²) in [5.41, 5.74) is 0.844. The third-order valence-corrected chi connectivity index (χ3v) is 6.54. The number of ether oxygens (including phenoxy) is 3. The Hall–Kier alpha value is -4.57. The molecule has 0 N–H and O–H groups in total. The maximum Gasteiger partial charge on any atom is 0.301 e. The van der Waals surface area contributed by atoms with Crippen LogP contribution in [0.1, 0.15) is 11.4 Å². The molecule has 0 radical (unpaired) electrons. The van der Waals surface area contributed by atoms with Gasteiger partial charge in [0.15, 0.2) is 5.75 Å². The molecule has 218 valence electrons. The highest BCUT2D eigenvalue weighted by atomic mass is 35.5. The molecular weight excluding hydrogens is 599 g/mol. The van der Waals surface area contributed by atoms with Crippen molar-refractivity contribution in [1.82, 2.24) is 19.5 Å². The van der Waals surface area contributed by atoms with E-state index >= 15 is 0 Å². The number of benzene rings is 2. The summed E-state index contributed by atoms with van der Waals surface area (Å²) in [5, 5.41) is 20.5. The molecule has 3 heterocycles. The highest BCUT2D eigenvalue weighted by Crippen LogP contribution is 2.41. The quantitative estimate of drug-likeness (QED) is 0.171. The van der Waals surface area contributed by atoms with Gasteiger partial charge in [0.1, 0.15) is 30.0 Å². The number of hydrogen-bond acceptors (Lipinski definition) is 12. The molecule has 5 rings (SSSR count). The first kappa shape index (κ1) is 28.9. The molecule has 42 heavy (non-hydrogen) atoms. The van der Waals surface area contributed by atoms with Gasteiger partial charge in [0.25, 0.3) is 5.09 Å². The summed E-state index contributed by atoms with van der Waals surface area (Å²) in [6, 6.07) is 11.3. The largest absolute Gasteiger partial charge is 0.491 e. The predicted molar refractivity (Wildman–Crippen MR) is 144 cm³/mol. The molecule has 0 spiro atoms. The lowest BCUT2D eigenvalue weighted by Gasteiger charge is -2.30. The maximum atomic E-state index is 11.0. The van der Waals surface area contributed by atoms with Crippen molar-refractivity contribution in [1.29, 1.82) is 0 Å². The van der Waals surface area contributed by atoms with Crippen LogP contribution in [0.4, 0.5) is 0 Å². The van der Waals surface area contributed by atoms with Crippen LogP contribution in [0.15, 0.2) is 61.2 Å². The monoisotopic (exact) mass is 618 g/mol. The Morgan fingerprint density at radius 3 is 2.52 bits per heavy atom. The number of nitrogens with zero attached hydrogens (tertiary/aromatic N) is 6. The van der Waals surface area contributed by atoms with Gasteiger partial charge in [-0.05, 0) is 43.3 Å². The van der Waals surface area contributed by atoms with E-state index in [2.05, 4.69) is 24.6 Å². The second kappa shape index (κ2) is 12.1.